The molecule has 0 spiro atoms. The average Bonchev–Trinajstić information content (AvgIpc) is 2.41. The number of hydrogen-bond acceptors (Lipinski definition) is 1. The minimum atomic E-state index is -1.08. The molecule has 1 nitrogen and oxygen atoms in total. The van der Waals surface area contributed by atoms with E-state index in [-0.39, 0.29) is 5.82 Å². The van der Waals surface area contributed by atoms with Crippen LogP contribution in [0.5, 0.6) is 0 Å². The van der Waals surface area contributed by atoms with E-state index < -0.39 is 5.60 Å². The first-order valence-corrected chi connectivity index (χ1v) is 6.71. The Bertz CT molecular complexity index is 626. The molecule has 0 saturated carbocycles. The summed E-state index contributed by atoms with van der Waals surface area (Å²) in [5.41, 5.74) is 1.77. The summed E-state index contributed by atoms with van der Waals surface area (Å²) in [6, 6.07) is 12.2. The predicted octanol–water partition coefficient (Wildman–Crippen LogP) is 3.86. The lowest BCUT2D eigenvalue weighted by Crippen LogP contribution is -2.33. The predicted molar refractivity (Wildman–Crippen MR) is 73.8 cm³/mol. The summed E-state index contributed by atoms with van der Waals surface area (Å²) in [4.78, 5) is 0. The van der Waals surface area contributed by atoms with Gasteiger partial charge in [-0.05, 0) is 42.2 Å². The fourth-order valence-corrected chi connectivity index (χ4v) is 3.10. The Morgan fingerprint density at radius 1 is 1.11 bits per heavy atom. The Labute approximate surface area is 116 Å². The number of aryl methyl sites for hydroxylation is 1. The molecule has 1 aliphatic carbocycles. The fourth-order valence-electron chi connectivity index (χ4n) is 2.80. The second kappa shape index (κ2) is 4.62. The monoisotopic (exact) mass is 276 g/mol. The fraction of sp³-hybridized carbons (Fsp3) is 0.250. The molecule has 3 rings (SSSR count). The van der Waals surface area contributed by atoms with E-state index in [1.807, 2.05) is 18.2 Å². The van der Waals surface area contributed by atoms with Gasteiger partial charge in [0.15, 0.2) is 0 Å². The van der Waals surface area contributed by atoms with Crippen LogP contribution in [-0.4, -0.2) is 5.11 Å². The van der Waals surface area contributed by atoms with Crippen molar-refractivity contribution in [3.63, 3.8) is 0 Å². The summed E-state index contributed by atoms with van der Waals surface area (Å²) < 4.78 is 13.4. The molecular weight excluding hydrogens is 263 g/mol. The molecule has 19 heavy (non-hydrogen) atoms. The van der Waals surface area contributed by atoms with Crippen LogP contribution in [0.15, 0.2) is 42.5 Å². The molecule has 0 fully saturated rings. The molecule has 98 valence electrons. The van der Waals surface area contributed by atoms with Gasteiger partial charge in [-0.2, -0.15) is 0 Å². The summed E-state index contributed by atoms with van der Waals surface area (Å²) in [6.45, 7) is 0. The molecule has 0 aromatic heterocycles. The largest absolute Gasteiger partial charge is 0.385 e. The van der Waals surface area contributed by atoms with Crippen LogP contribution in [0.25, 0.3) is 0 Å². The summed E-state index contributed by atoms with van der Waals surface area (Å²) in [6.07, 6.45) is 1.82. The Balaban J connectivity index is 2.04. The number of benzene rings is 2. The molecule has 0 bridgehead atoms. The third kappa shape index (κ3) is 2.26. The second-order valence-electron chi connectivity index (χ2n) is 5.10. The van der Waals surface area contributed by atoms with Crippen molar-refractivity contribution in [1.82, 2.24) is 0 Å². The van der Waals surface area contributed by atoms with Crippen molar-refractivity contribution in [2.24, 2.45) is 0 Å². The zero-order chi connectivity index (χ0) is 13.5. The maximum absolute atomic E-state index is 13.4. The highest BCUT2D eigenvalue weighted by molar-refractivity contribution is 6.31. The van der Waals surface area contributed by atoms with Crippen LogP contribution in [-0.2, 0) is 18.4 Å². The van der Waals surface area contributed by atoms with Gasteiger partial charge in [0.05, 0.1) is 5.60 Å². The van der Waals surface area contributed by atoms with Crippen LogP contribution in [0, 0.1) is 5.82 Å². The van der Waals surface area contributed by atoms with E-state index in [0.29, 0.717) is 23.4 Å². The number of aliphatic hydroxyl groups is 1. The quantitative estimate of drug-likeness (QED) is 0.839. The van der Waals surface area contributed by atoms with E-state index in [1.54, 1.807) is 0 Å². The number of hydrogen-bond donors (Lipinski definition) is 1. The second-order valence-corrected chi connectivity index (χ2v) is 5.51. The summed E-state index contributed by atoms with van der Waals surface area (Å²) in [5.74, 6) is -0.369. The van der Waals surface area contributed by atoms with Crippen LogP contribution < -0.4 is 0 Å². The molecule has 1 N–H and O–H groups in total. The van der Waals surface area contributed by atoms with Crippen molar-refractivity contribution in [2.75, 3.05) is 0 Å². The summed E-state index contributed by atoms with van der Waals surface area (Å²) in [5, 5.41) is 11.3. The molecular formula is C16H14ClFO. The van der Waals surface area contributed by atoms with Gasteiger partial charge < -0.3 is 5.11 Å². The van der Waals surface area contributed by atoms with Crippen molar-refractivity contribution >= 4 is 11.6 Å². The van der Waals surface area contributed by atoms with Gasteiger partial charge in [-0.1, -0.05) is 35.9 Å². The van der Waals surface area contributed by atoms with Gasteiger partial charge >= 0.3 is 0 Å². The normalized spacial score (nSPS) is 22.1. The standard InChI is InChI=1S/C16H14ClFO/c17-15-6-5-13(18)9-14(15)16(19)8-7-11-3-1-2-4-12(11)10-16/h1-6,9,19H,7-8,10H2. The van der Waals surface area contributed by atoms with Gasteiger partial charge in [0.2, 0.25) is 0 Å². The molecule has 0 radical (unpaired) electrons. The number of halogens is 2. The van der Waals surface area contributed by atoms with Gasteiger partial charge in [-0.15, -0.1) is 0 Å². The van der Waals surface area contributed by atoms with Gasteiger partial charge in [-0.3, -0.25) is 0 Å². The van der Waals surface area contributed by atoms with Crippen molar-refractivity contribution < 1.29 is 9.50 Å². The first-order valence-electron chi connectivity index (χ1n) is 6.33. The highest BCUT2D eigenvalue weighted by atomic mass is 35.5. The van der Waals surface area contributed by atoms with Crippen LogP contribution in [0.1, 0.15) is 23.1 Å². The zero-order valence-corrected chi connectivity index (χ0v) is 11.1. The van der Waals surface area contributed by atoms with Crippen LogP contribution in [0.3, 0.4) is 0 Å². The van der Waals surface area contributed by atoms with Crippen molar-refractivity contribution in [3.8, 4) is 0 Å². The number of rotatable bonds is 1. The van der Waals surface area contributed by atoms with Crippen molar-refractivity contribution in [3.05, 3.63) is 70.0 Å². The molecule has 3 heteroatoms. The lowest BCUT2D eigenvalue weighted by atomic mass is 9.76. The minimum Gasteiger partial charge on any atom is -0.385 e. The van der Waals surface area contributed by atoms with E-state index >= 15 is 0 Å². The number of fused-ring (bicyclic) bond motifs is 1. The van der Waals surface area contributed by atoms with Crippen LogP contribution >= 0.6 is 11.6 Å². The molecule has 1 aliphatic rings. The van der Waals surface area contributed by atoms with Crippen LogP contribution in [0.2, 0.25) is 5.02 Å². The van der Waals surface area contributed by atoms with E-state index in [2.05, 4.69) is 6.07 Å². The molecule has 0 aliphatic heterocycles. The smallest absolute Gasteiger partial charge is 0.123 e. The zero-order valence-electron chi connectivity index (χ0n) is 10.4. The van der Waals surface area contributed by atoms with Gasteiger partial charge in [0, 0.05) is 17.0 Å². The Hall–Kier alpha value is -1.38. The molecule has 0 heterocycles. The van der Waals surface area contributed by atoms with E-state index in [0.717, 1.165) is 12.0 Å². The Morgan fingerprint density at radius 2 is 1.84 bits per heavy atom. The molecule has 1 atom stereocenters. The van der Waals surface area contributed by atoms with E-state index in [9.17, 15) is 9.50 Å². The third-order valence-electron chi connectivity index (χ3n) is 3.84. The van der Waals surface area contributed by atoms with Gasteiger partial charge in [-0.25, -0.2) is 4.39 Å². The maximum atomic E-state index is 13.4. The lowest BCUT2D eigenvalue weighted by Gasteiger charge is -2.34. The van der Waals surface area contributed by atoms with Crippen molar-refractivity contribution in [2.45, 2.75) is 24.9 Å². The molecule has 0 saturated heterocycles. The third-order valence-corrected chi connectivity index (χ3v) is 4.17. The maximum Gasteiger partial charge on any atom is 0.123 e. The van der Waals surface area contributed by atoms with Crippen LogP contribution in [0.4, 0.5) is 4.39 Å². The highest BCUT2D eigenvalue weighted by Gasteiger charge is 2.35. The first-order chi connectivity index (χ1) is 9.08. The van der Waals surface area contributed by atoms with Crippen molar-refractivity contribution in [1.29, 1.82) is 0 Å². The first kappa shape index (κ1) is 12.6. The minimum absolute atomic E-state index is 0.369. The average molecular weight is 277 g/mol. The highest BCUT2D eigenvalue weighted by Crippen LogP contribution is 2.39. The topological polar surface area (TPSA) is 20.2 Å². The summed E-state index contributed by atoms with van der Waals surface area (Å²) >= 11 is 6.12. The lowest BCUT2D eigenvalue weighted by molar-refractivity contribution is 0.0221. The SMILES string of the molecule is OC1(c2cc(F)ccc2Cl)CCc2ccccc2C1. The summed E-state index contributed by atoms with van der Waals surface area (Å²) in [7, 11) is 0. The van der Waals surface area contributed by atoms with E-state index in [4.69, 9.17) is 11.6 Å². The Morgan fingerprint density at radius 3 is 2.63 bits per heavy atom. The Kier molecular flexibility index (Phi) is 3.08. The molecule has 2 aromatic rings. The van der Waals surface area contributed by atoms with Gasteiger partial charge in [0.1, 0.15) is 5.82 Å². The molecule has 0 amide bonds. The molecule has 2 aromatic carbocycles. The van der Waals surface area contributed by atoms with Gasteiger partial charge in [0.25, 0.3) is 0 Å². The molecule has 1 unspecified atom stereocenters. The van der Waals surface area contributed by atoms with E-state index in [1.165, 1.54) is 23.8 Å².